The van der Waals surface area contributed by atoms with Crippen molar-refractivity contribution >= 4 is 21.2 Å². The molecule has 104 valence electrons. The van der Waals surface area contributed by atoms with Gasteiger partial charge in [0.05, 0.1) is 9.85 Å². The van der Waals surface area contributed by atoms with Crippen LogP contribution < -0.4 is 0 Å². The second kappa shape index (κ2) is 4.46. The summed E-state index contributed by atoms with van der Waals surface area (Å²) in [6.07, 6.45) is 0. The monoisotopic (exact) mass is 300 g/mol. The Kier molecular flexibility index (Phi) is 3.48. The summed E-state index contributed by atoms with van der Waals surface area (Å²) in [5.41, 5.74) is -8.19. The Hall–Kier alpha value is -2.24. The molecule has 1 rings (SSSR count). The van der Waals surface area contributed by atoms with Crippen LogP contribution in [-0.2, 0) is 9.84 Å². The van der Waals surface area contributed by atoms with Gasteiger partial charge in [0.25, 0.3) is 21.2 Å². The zero-order valence-electron chi connectivity index (χ0n) is 8.62. The summed E-state index contributed by atoms with van der Waals surface area (Å²) in [5, 5.41) is 20.9. The maximum Gasteiger partial charge on any atom is 0.502 e. The first-order chi connectivity index (χ1) is 8.48. The van der Waals surface area contributed by atoms with E-state index < -0.39 is 41.5 Å². The summed E-state index contributed by atoms with van der Waals surface area (Å²) in [6, 6.07) is 0.866. The minimum Gasteiger partial charge on any atom is -0.258 e. The molecule has 0 radical (unpaired) electrons. The zero-order valence-corrected chi connectivity index (χ0v) is 9.43. The van der Waals surface area contributed by atoms with Gasteiger partial charge in [0.15, 0.2) is 4.90 Å². The van der Waals surface area contributed by atoms with E-state index in [0.29, 0.717) is 12.1 Å². The topological polar surface area (TPSA) is 120 Å². The van der Waals surface area contributed by atoms with Crippen molar-refractivity contribution < 1.29 is 31.4 Å². The summed E-state index contributed by atoms with van der Waals surface area (Å²) < 4.78 is 59.1. The molecule has 0 bridgehead atoms. The van der Waals surface area contributed by atoms with Crippen LogP contribution in [0.2, 0.25) is 0 Å². The highest BCUT2D eigenvalue weighted by molar-refractivity contribution is 7.92. The molecule has 0 saturated carbocycles. The lowest BCUT2D eigenvalue weighted by Gasteiger charge is -2.08. The number of nitrogens with zero attached hydrogens (tertiary/aromatic N) is 2. The van der Waals surface area contributed by atoms with Gasteiger partial charge in [-0.1, -0.05) is 0 Å². The van der Waals surface area contributed by atoms with E-state index in [2.05, 4.69) is 0 Å². The molecule has 0 heterocycles. The Balaban J connectivity index is 3.69. The Morgan fingerprint density at radius 3 is 1.95 bits per heavy atom. The molecular weight excluding hydrogens is 297 g/mol. The van der Waals surface area contributed by atoms with Gasteiger partial charge in [-0.05, 0) is 0 Å². The number of non-ortho nitro benzene ring substituents is 1. The van der Waals surface area contributed by atoms with Crippen LogP contribution in [-0.4, -0.2) is 23.8 Å². The van der Waals surface area contributed by atoms with Gasteiger partial charge in [0, 0.05) is 18.2 Å². The van der Waals surface area contributed by atoms with Crippen LogP contribution in [0.4, 0.5) is 24.5 Å². The quantitative estimate of drug-likeness (QED) is 0.619. The molecule has 0 atom stereocenters. The fraction of sp³-hybridized carbons (Fsp3) is 0.143. The highest BCUT2D eigenvalue weighted by Gasteiger charge is 2.50. The lowest BCUT2D eigenvalue weighted by atomic mass is 10.3. The fourth-order valence-electron chi connectivity index (χ4n) is 1.11. The molecule has 0 aliphatic heterocycles. The zero-order chi connectivity index (χ0) is 15.0. The number of benzene rings is 1. The number of alkyl halides is 3. The molecule has 8 nitrogen and oxygen atoms in total. The molecule has 12 heteroatoms. The highest BCUT2D eigenvalue weighted by atomic mass is 32.2. The Labute approximate surface area is 102 Å². The number of sulfone groups is 1. The molecule has 0 spiro atoms. The van der Waals surface area contributed by atoms with E-state index in [1.165, 1.54) is 0 Å². The molecule has 1 aromatic carbocycles. The SMILES string of the molecule is O=[N+]([O-])c1ccc([N+](=O)[O-])c(S(=O)(=O)C(F)(F)F)c1. The van der Waals surface area contributed by atoms with Crippen LogP contribution in [0, 0.1) is 20.2 Å². The van der Waals surface area contributed by atoms with Crippen molar-refractivity contribution in [1.29, 1.82) is 0 Å². The lowest BCUT2D eigenvalue weighted by molar-refractivity contribution is -0.391. The molecular formula is C7H3F3N2O6S. The van der Waals surface area contributed by atoms with E-state index in [1.807, 2.05) is 0 Å². The summed E-state index contributed by atoms with van der Waals surface area (Å²) in [6.45, 7) is 0. The van der Waals surface area contributed by atoms with E-state index in [-0.39, 0.29) is 6.07 Å². The van der Waals surface area contributed by atoms with Gasteiger partial charge in [-0.15, -0.1) is 0 Å². The molecule has 0 fully saturated rings. The summed E-state index contributed by atoms with van der Waals surface area (Å²) in [5.74, 6) is 0. The van der Waals surface area contributed by atoms with Gasteiger partial charge in [-0.25, -0.2) is 8.42 Å². The second-order valence-corrected chi connectivity index (χ2v) is 5.03. The largest absolute Gasteiger partial charge is 0.502 e. The van der Waals surface area contributed by atoms with E-state index in [4.69, 9.17) is 0 Å². The third-order valence-electron chi connectivity index (χ3n) is 1.95. The van der Waals surface area contributed by atoms with Crippen molar-refractivity contribution in [3.8, 4) is 0 Å². The summed E-state index contributed by atoms with van der Waals surface area (Å²) >= 11 is 0. The van der Waals surface area contributed by atoms with E-state index in [1.54, 1.807) is 0 Å². The van der Waals surface area contributed by atoms with Gasteiger partial charge in [0.1, 0.15) is 0 Å². The van der Waals surface area contributed by atoms with Gasteiger partial charge < -0.3 is 0 Å². The average molecular weight is 300 g/mol. The number of halogens is 3. The van der Waals surface area contributed by atoms with Crippen LogP contribution >= 0.6 is 0 Å². The predicted molar refractivity (Wildman–Crippen MR) is 53.0 cm³/mol. The highest BCUT2D eigenvalue weighted by Crippen LogP contribution is 2.37. The van der Waals surface area contributed by atoms with Crippen molar-refractivity contribution in [3.63, 3.8) is 0 Å². The Morgan fingerprint density at radius 2 is 1.58 bits per heavy atom. The fourth-order valence-corrected chi connectivity index (χ4v) is 2.05. The van der Waals surface area contributed by atoms with Crippen molar-refractivity contribution in [1.82, 2.24) is 0 Å². The van der Waals surface area contributed by atoms with Gasteiger partial charge in [-0.3, -0.25) is 20.2 Å². The first-order valence-electron chi connectivity index (χ1n) is 4.22. The predicted octanol–water partition coefficient (Wildman–Crippen LogP) is 1.80. The number of hydrogen-bond donors (Lipinski definition) is 0. The molecule has 0 N–H and O–H groups in total. The van der Waals surface area contributed by atoms with Crippen LogP contribution in [0.3, 0.4) is 0 Å². The van der Waals surface area contributed by atoms with Crippen molar-refractivity contribution in [2.45, 2.75) is 10.4 Å². The van der Waals surface area contributed by atoms with Crippen LogP contribution in [0.5, 0.6) is 0 Å². The summed E-state index contributed by atoms with van der Waals surface area (Å²) in [7, 11) is -6.05. The molecule has 19 heavy (non-hydrogen) atoms. The van der Waals surface area contributed by atoms with E-state index >= 15 is 0 Å². The van der Waals surface area contributed by atoms with Crippen LogP contribution in [0.25, 0.3) is 0 Å². The van der Waals surface area contributed by atoms with Crippen molar-refractivity contribution in [2.75, 3.05) is 0 Å². The molecule has 0 aliphatic rings. The Morgan fingerprint density at radius 1 is 1.05 bits per heavy atom. The van der Waals surface area contributed by atoms with Gasteiger partial charge in [0.2, 0.25) is 0 Å². The minimum atomic E-state index is -6.05. The van der Waals surface area contributed by atoms with Crippen LogP contribution in [0.15, 0.2) is 23.1 Å². The van der Waals surface area contributed by atoms with Crippen molar-refractivity contribution in [3.05, 3.63) is 38.4 Å². The third kappa shape index (κ3) is 2.62. The molecule has 0 aliphatic carbocycles. The van der Waals surface area contributed by atoms with E-state index in [0.717, 1.165) is 0 Å². The normalized spacial score (nSPS) is 12.2. The molecule has 0 unspecified atom stereocenters. The molecule has 1 aromatic rings. The number of nitro benzene ring substituents is 2. The lowest BCUT2D eigenvalue weighted by Crippen LogP contribution is -2.24. The smallest absolute Gasteiger partial charge is 0.258 e. The molecule has 0 aromatic heterocycles. The number of rotatable bonds is 3. The summed E-state index contributed by atoms with van der Waals surface area (Å²) in [4.78, 5) is 16.5. The van der Waals surface area contributed by atoms with E-state index in [9.17, 15) is 41.8 Å². The molecule has 0 amide bonds. The minimum absolute atomic E-state index is 0.000949. The first kappa shape index (κ1) is 14.8. The van der Waals surface area contributed by atoms with Gasteiger partial charge in [-0.2, -0.15) is 13.2 Å². The van der Waals surface area contributed by atoms with Crippen molar-refractivity contribution in [2.24, 2.45) is 0 Å². The second-order valence-electron chi connectivity index (χ2n) is 3.12. The first-order valence-corrected chi connectivity index (χ1v) is 5.71. The van der Waals surface area contributed by atoms with Gasteiger partial charge >= 0.3 is 5.51 Å². The number of hydrogen-bond acceptors (Lipinski definition) is 6. The maximum atomic E-state index is 12.3. The maximum absolute atomic E-state index is 12.3. The Bertz CT molecular complexity index is 653. The third-order valence-corrected chi connectivity index (χ3v) is 3.46. The average Bonchev–Trinajstić information content (AvgIpc) is 2.26. The number of nitro groups is 2. The van der Waals surface area contributed by atoms with Crippen LogP contribution in [0.1, 0.15) is 0 Å². The standard InChI is InChI=1S/C7H3F3N2O6S/c8-7(9,10)19(17,18)6-3-4(11(13)14)1-2-5(6)12(15)16/h1-3H. The molecule has 0 saturated heterocycles.